The van der Waals surface area contributed by atoms with Crippen LogP contribution in [0.3, 0.4) is 0 Å². The molecule has 0 aliphatic carbocycles. The van der Waals surface area contributed by atoms with Crippen molar-refractivity contribution in [3.63, 3.8) is 0 Å². The van der Waals surface area contributed by atoms with Crippen molar-refractivity contribution >= 4 is 5.91 Å². The van der Waals surface area contributed by atoms with Crippen molar-refractivity contribution in [1.29, 1.82) is 0 Å². The number of nitrogens with one attached hydrogen (secondary N) is 1. The summed E-state index contributed by atoms with van der Waals surface area (Å²) in [5, 5.41) is 121. The van der Waals surface area contributed by atoms with Crippen molar-refractivity contribution in [3.8, 4) is 0 Å². The molecule has 3 rings (SSSR count). The van der Waals surface area contributed by atoms with Crippen LogP contribution < -0.4 is 5.32 Å². The van der Waals surface area contributed by atoms with E-state index in [1.165, 1.54) is 334 Å². The third-order valence-electron chi connectivity index (χ3n) is 22.9. The number of carbonyl (C=O) groups excluding carboxylic acids is 1. The van der Waals surface area contributed by atoms with E-state index >= 15 is 0 Å². The zero-order chi connectivity index (χ0) is 76.0. The fraction of sp³-hybridized carbons (Fsp3) is 0.988. The molecule has 0 aromatic carbocycles. The molecule has 3 heterocycles. The number of aliphatic hydroxyl groups is 11. The molecule has 3 aliphatic heterocycles. The predicted molar refractivity (Wildman–Crippen MR) is 421 cm³/mol. The lowest BCUT2D eigenvalue weighted by atomic mass is 9.96. The van der Waals surface area contributed by atoms with E-state index in [1.807, 2.05) is 0 Å². The fourth-order valence-electron chi connectivity index (χ4n) is 15.8. The summed E-state index contributed by atoms with van der Waals surface area (Å²) >= 11 is 0. The maximum absolute atomic E-state index is 13.5. The maximum atomic E-state index is 13.5. The van der Waals surface area contributed by atoms with Crippen LogP contribution in [0.2, 0.25) is 0 Å². The van der Waals surface area contributed by atoms with E-state index in [9.17, 15) is 61.0 Å². The van der Waals surface area contributed by atoms with E-state index in [1.54, 1.807) is 0 Å². The molecule has 17 atom stereocenters. The summed E-state index contributed by atoms with van der Waals surface area (Å²) in [5.74, 6) is -0.231. The molecule has 0 spiro atoms. The first-order valence-corrected chi connectivity index (χ1v) is 44.8. The van der Waals surface area contributed by atoms with Crippen molar-refractivity contribution in [2.45, 2.75) is 516 Å². The summed E-state index contributed by atoms with van der Waals surface area (Å²) < 4.78 is 34.6. The van der Waals surface area contributed by atoms with Crippen LogP contribution >= 0.6 is 0 Å². The Morgan fingerprint density at radius 3 is 0.829 bits per heavy atom. The van der Waals surface area contributed by atoms with Gasteiger partial charge in [-0.15, -0.1) is 0 Å². The highest BCUT2D eigenvalue weighted by molar-refractivity contribution is 5.76. The van der Waals surface area contributed by atoms with Gasteiger partial charge in [0.15, 0.2) is 18.9 Å². The lowest BCUT2D eigenvalue weighted by Crippen LogP contribution is -2.66. The first-order valence-electron chi connectivity index (χ1n) is 44.8. The summed E-state index contributed by atoms with van der Waals surface area (Å²) in [7, 11) is 0. The Bertz CT molecular complexity index is 1890. The highest BCUT2D eigenvalue weighted by atomic mass is 16.8. The SMILES string of the molecule is CCCCCCCCCCCCCCCCCCCCCCCCCCCCCCCCCCCC(O)C(COC1OC(CO)C(OC2OC(CO)C(OC3OC(CO)C(O)C(O)C3O)C(O)C2O)C(O)C1O)NC(=O)CCCCCCCCCCCCCCCCCCCCCCCCCCCCC. The first kappa shape index (κ1) is 98.0. The number of rotatable bonds is 74. The van der Waals surface area contributed by atoms with Crippen LogP contribution in [-0.4, -0.2) is 193 Å². The minimum absolute atomic E-state index is 0.231. The molecule has 105 heavy (non-hydrogen) atoms. The van der Waals surface area contributed by atoms with Gasteiger partial charge in [0, 0.05) is 6.42 Å². The zero-order valence-corrected chi connectivity index (χ0v) is 67.3. The first-order chi connectivity index (χ1) is 51.3. The summed E-state index contributed by atoms with van der Waals surface area (Å²) in [6.07, 6.45) is 53.6. The Hall–Kier alpha value is -1.21. The third kappa shape index (κ3) is 46.5. The summed E-state index contributed by atoms with van der Waals surface area (Å²) in [5.41, 5.74) is 0. The Morgan fingerprint density at radius 2 is 0.543 bits per heavy atom. The number of unbranched alkanes of at least 4 members (excludes halogenated alkanes) is 58. The summed E-state index contributed by atoms with van der Waals surface area (Å²) in [6, 6.07) is -0.884. The Kier molecular flexibility index (Phi) is 62.8. The number of aliphatic hydroxyl groups excluding tert-OH is 11. The van der Waals surface area contributed by atoms with E-state index in [-0.39, 0.29) is 18.9 Å². The van der Waals surface area contributed by atoms with Crippen LogP contribution in [0.1, 0.15) is 412 Å². The molecule has 624 valence electrons. The van der Waals surface area contributed by atoms with Crippen molar-refractivity contribution in [1.82, 2.24) is 5.32 Å². The predicted octanol–water partition coefficient (Wildman–Crippen LogP) is 16.5. The quantitative estimate of drug-likeness (QED) is 0.0252. The second kappa shape index (κ2) is 67.3. The molecule has 0 radical (unpaired) electrons. The van der Waals surface area contributed by atoms with Gasteiger partial charge in [-0.05, 0) is 12.8 Å². The van der Waals surface area contributed by atoms with Crippen LogP contribution in [0, 0.1) is 0 Å². The Labute approximate surface area is 640 Å². The van der Waals surface area contributed by atoms with Crippen LogP contribution in [0.5, 0.6) is 0 Å². The summed E-state index contributed by atoms with van der Waals surface area (Å²) in [6.45, 7) is 1.89. The minimum atomic E-state index is -1.97. The summed E-state index contributed by atoms with van der Waals surface area (Å²) in [4.78, 5) is 13.5. The van der Waals surface area contributed by atoms with Crippen molar-refractivity contribution < 1.29 is 89.4 Å². The highest BCUT2D eigenvalue weighted by Crippen LogP contribution is 2.34. The van der Waals surface area contributed by atoms with E-state index in [2.05, 4.69) is 19.2 Å². The molecule has 17 unspecified atom stereocenters. The topological polar surface area (TPSA) is 307 Å². The second-order valence-corrected chi connectivity index (χ2v) is 32.4. The fourth-order valence-corrected chi connectivity index (χ4v) is 15.8. The van der Waals surface area contributed by atoms with Crippen molar-refractivity contribution in [2.75, 3.05) is 26.4 Å². The van der Waals surface area contributed by atoms with Gasteiger partial charge < -0.3 is 89.9 Å². The minimum Gasteiger partial charge on any atom is -0.394 e. The van der Waals surface area contributed by atoms with Gasteiger partial charge >= 0.3 is 0 Å². The van der Waals surface area contributed by atoms with E-state index in [0.29, 0.717) is 12.8 Å². The van der Waals surface area contributed by atoms with Gasteiger partial charge in [-0.1, -0.05) is 393 Å². The van der Waals surface area contributed by atoms with Gasteiger partial charge in [-0.2, -0.15) is 0 Å². The standard InChI is InChI=1S/C86H167NO18/c1-3-5-7-9-11-13-15-17-19-21-23-25-27-29-31-32-33-34-35-36-38-39-41-43-45-47-49-51-53-55-57-59-61-63-70(91)69(87-74(92)64-62-60-58-56-54-52-50-48-46-44-42-40-37-30-28-26-24-22-20-18-16-14-12-10-8-6-4-2)68-100-84-80(98)77(95)82(72(66-89)102-84)105-86-81(99)78(96)83(73(67-90)103-86)104-85-79(97)76(94)75(93)71(65-88)101-85/h69-73,75-86,88-91,93-99H,3-68H2,1-2H3,(H,87,92). The lowest BCUT2D eigenvalue weighted by molar-refractivity contribution is -0.379. The Balaban J connectivity index is 1.32. The molecule has 19 nitrogen and oxygen atoms in total. The van der Waals surface area contributed by atoms with E-state index < -0.39 is 124 Å². The van der Waals surface area contributed by atoms with Gasteiger partial charge in [0.1, 0.15) is 73.2 Å². The van der Waals surface area contributed by atoms with Gasteiger partial charge in [0.2, 0.25) is 5.91 Å². The zero-order valence-electron chi connectivity index (χ0n) is 67.3. The lowest BCUT2D eigenvalue weighted by Gasteiger charge is -2.48. The van der Waals surface area contributed by atoms with Gasteiger partial charge in [-0.25, -0.2) is 0 Å². The van der Waals surface area contributed by atoms with Gasteiger partial charge in [-0.3, -0.25) is 4.79 Å². The van der Waals surface area contributed by atoms with Crippen molar-refractivity contribution in [2.24, 2.45) is 0 Å². The molecular weight excluding hydrogens is 1330 g/mol. The number of hydrogen-bond donors (Lipinski definition) is 12. The largest absolute Gasteiger partial charge is 0.394 e. The number of ether oxygens (including phenoxy) is 6. The monoisotopic (exact) mass is 1500 g/mol. The third-order valence-corrected chi connectivity index (χ3v) is 22.9. The average Bonchev–Trinajstić information content (AvgIpc) is 0.775. The normalized spacial score (nSPS) is 25.7. The van der Waals surface area contributed by atoms with E-state index in [4.69, 9.17) is 28.4 Å². The number of hydrogen-bond acceptors (Lipinski definition) is 18. The molecule has 19 heteroatoms. The number of carbonyl (C=O) groups is 1. The molecule has 0 saturated carbocycles. The average molecular weight is 1500 g/mol. The highest BCUT2D eigenvalue weighted by Gasteiger charge is 2.54. The molecule has 0 aromatic rings. The molecule has 3 aliphatic rings. The molecule has 3 fully saturated rings. The second-order valence-electron chi connectivity index (χ2n) is 32.4. The maximum Gasteiger partial charge on any atom is 0.220 e. The molecule has 12 N–H and O–H groups in total. The van der Waals surface area contributed by atoms with Crippen LogP contribution in [0.4, 0.5) is 0 Å². The Morgan fingerprint density at radius 1 is 0.305 bits per heavy atom. The number of amides is 1. The van der Waals surface area contributed by atoms with Gasteiger partial charge in [0.05, 0.1) is 38.6 Å². The smallest absolute Gasteiger partial charge is 0.220 e. The van der Waals surface area contributed by atoms with Crippen LogP contribution in [-0.2, 0) is 33.2 Å². The van der Waals surface area contributed by atoms with E-state index in [0.717, 1.165) is 44.9 Å². The van der Waals surface area contributed by atoms with Crippen LogP contribution in [0.25, 0.3) is 0 Å². The van der Waals surface area contributed by atoms with Gasteiger partial charge in [0.25, 0.3) is 0 Å². The molecule has 1 amide bonds. The van der Waals surface area contributed by atoms with Crippen molar-refractivity contribution in [3.05, 3.63) is 0 Å². The molecule has 0 aromatic heterocycles. The molecule has 0 bridgehead atoms. The molecular formula is C86H167NO18. The van der Waals surface area contributed by atoms with Crippen LogP contribution in [0.15, 0.2) is 0 Å². The molecule has 3 saturated heterocycles.